The Labute approximate surface area is 130 Å². The topological polar surface area (TPSA) is 6.48 Å². The Balaban J connectivity index is 2.31. The van der Waals surface area contributed by atoms with E-state index in [1.807, 2.05) is 38.0 Å². The SMILES string of the molecule is CN(C)c1ccc(/C(F)=C(\F)c2ccc(N(C)C)cc2)cc1. The van der Waals surface area contributed by atoms with Crippen molar-refractivity contribution in [1.29, 1.82) is 0 Å². The molecule has 0 atom stereocenters. The van der Waals surface area contributed by atoms with E-state index >= 15 is 0 Å². The number of nitrogens with zero attached hydrogens (tertiary/aromatic N) is 2. The third-order valence-corrected chi connectivity index (χ3v) is 3.47. The van der Waals surface area contributed by atoms with Gasteiger partial charge in [-0.15, -0.1) is 0 Å². The Bertz CT molecular complexity index is 597. The molecule has 0 saturated heterocycles. The maximum Gasteiger partial charge on any atom is 0.166 e. The monoisotopic (exact) mass is 302 g/mol. The minimum Gasteiger partial charge on any atom is -0.378 e. The molecule has 116 valence electrons. The molecule has 0 amide bonds. The number of hydrogen-bond donors (Lipinski definition) is 0. The van der Waals surface area contributed by atoms with Crippen LogP contribution < -0.4 is 9.80 Å². The van der Waals surface area contributed by atoms with Crippen LogP contribution in [0.4, 0.5) is 20.2 Å². The molecule has 0 aromatic heterocycles. The van der Waals surface area contributed by atoms with Gasteiger partial charge in [0.25, 0.3) is 0 Å². The molecule has 0 radical (unpaired) electrons. The Hall–Kier alpha value is -2.36. The largest absolute Gasteiger partial charge is 0.378 e. The first-order chi connectivity index (χ1) is 10.4. The molecule has 2 nitrogen and oxygen atoms in total. The van der Waals surface area contributed by atoms with E-state index in [9.17, 15) is 8.78 Å². The van der Waals surface area contributed by atoms with Gasteiger partial charge in [-0.25, -0.2) is 8.78 Å². The normalized spacial score (nSPS) is 11.9. The molecule has 0 N–H and O–H groups in total. The summed E-state index contributed by atoms with van der Waals surface area (Å²) in [5, 5.41) is 0. The van der Waals surface area contributed by atoms with Crippen molar-refractivity contribution in [3.8, 4) is 0 Å². The predicted octanol–water partition coefficient (Wildman–Crippen LogP) is 4.58. The fourth-order valence-corrected chi connectivity index (χ4v) is 2.07. The van der Waals surface area contributed by atoms with E-state index in [2.05, 4.69) is 0 Å². The van der Waals surface area contributed by atoms with E-state index in [4.69, 9.17) is 0 Å². The van der Waals surface area contributed by atoms with Crippen LogP contribution in [-0.2, 0) is 0 Å². The zero-order chi connectivity index (χ0) is 16.3. The Morgan fingerprint density at radius 2 is 0.864 bits per heavy atom. The molecular weight excluding hydrogens is 282 g/mol. The van der Waals surface area contributed by atoms with Gasteiger partial charge in [0.15, 0.2) is 11.7 Å². The zero-order valence-electron chi connectivity index (χ0n) is 13.3. The minimum absolute atomic E-state index is 0.236. The smallest absolute Gasteiger partial charge is 0.166 e. The summed E-state index contributed by atoms with van der Waals surface area (Å²) in [6.07, 6.45) is 0. The molecule has 0 heterocycles. The Kier molecular flexibility index (Phi) is 4.81. The second kappa shape index (κ2) is 6.60. The molecular formula is C18H20F2N2. The highest BCUT2D eigenvalue weighted by molar-refractivity contribution is 5.83. The number of rotatable bonds is 4. The van der Waals surface area contributed by atoms with Crippen molar-refractivity contribution >= 4 is 23.0 Å². The summed E-state index contributed by atoms with van der Waals surface area (Å²) in [4.78, 5) is 3.81. The predicted molar refractivity (Wildman–Crippen MR) is 90.6 cm³/mol. The molecule has 0 aliphatic carbocycles. The molecule has 0 aliphatic heterocycles. The molecule has 2 aromatic rings. The molecule has 2 aromatic carbocycles. The fraction of sp³-hybridized carbons (Fsp3) is 0.222. The van der Waals surface area contributed by atoms with E-state index in [1.165, 1.54) is 0 Å². The standard InChI is InChI=1S/C18H20F2N2/c1-21(2)15-9-5-13(6-10-15)17(19)18(20)14-7-11-16(12-8-14)22(3)4/h5-12H,1-4H3/b18-17+. The van der Waals surface area contributed by atoms with Gasteiger partial charge in [0, 0.05) is 50.7 Å². The fourth-order valence-electron chi connectivity index (χ4n) is 2.07. The van der Waals surface area contributed by atoms with Gasteiger partial charge in [0.2, 0.25) is 0 Å². The number of benzene rings is 2. The van der Waals surface area contributed by atoms with Gasteiger partial charge in [-0.1, -0.05) is 0 Å². The first-order valence-electron chi connectivity index (χ1n) is 7.01. The highest BCUT2D eigenvalue weighted by Crippen LogP contribution is 2.30. The van der Waals surface area contributed by atoms with Crippen LogP contribution in [0, 0.1) is 0 Å². The summed E-state index contributed by atoms with van der Waals surface area (Å²) in [6.45, 7) is 0. The molecule has 0 aliphatic rings. The quantitative estimate of drug-likeness (QED) is 0.763. The first-order valence-corrected chi connectivity index (χ1v) is 7.01. The van der Waals surface area contributed by atoms with Crippen LogP contribution in [0.15, 0.2) is 48.5 Å². The minimum atomic E-state index is -0.845. The van der Waals surface area contributed by atoms with Crippen molar-refractivity contribution in [3.05, 3.63) is 59.7 Å². The van der Waals surface area contributed by atoms with Crippen molar-refractivity contribution in [2.45, 2.75) is 0 Å². The van der Waals surface area contributed by atoms with E-state index in [0.29, 0.717) is 0 Å². The van der Waals surface area contributed by atoms with Crippen LogP contribution >= 0.6 is 0 Å². The molecule has 0 fully saturated rings. The second-order valence-electron chi connectivity index (χ2n) is 5.51. The molecule has 22 heavy (non-hydrogen) atoms. The van der Waals surface area contributed by atoms with Gasteiger partial charge in [-0.3, -0.25) is 0 Å². The maximum atomic E-state index is 14.3. The van der Waals surface area contributed by atoms with Gasteiger partial charge in [-0.2, -0.15) is 0 Å². The zero-order valence-corrected chi connectivity index (χ0v) is 13.3. The Morgan fingerprint density at radius 3 is 1.09 bits per heavy atom. The summed E-state index contributed by atoms with van der Waals surface area (Å²) in [5.41, 5.74) is 2.35. The lowest BCUT2D eigenvalue weighted by Crippen LogP contribution is -2.08. The molecule has 0 bridgehead atoms. The molecule has 0 unspecified atom stereocenters. The summed E-state index contributed by atoms with van der Waals surface area (Å²) in [6, 6.07) is 13.4. The summed E-state index contributed by atoms with van der Waals surface area (Å²) >= 11 is 0. The van der Waals surface area contributed by atoms with Crippen molar-refractivity contribution < 1.29 is 8.78 Å². The van der Waals surface area contributed by atoms with Crippen molar-refractivity contribution in [3.63, 3.8) is 0 Å². The maximum absolute atomic E-state index is 14.3. The van der Waals surface area contributed by atoms with Crippen LogP contribution in [0.3, 0.4) is 0 Å². The van der Waals surface area contributed by atoms with Crippen LogP contribution in [0.2, 0.25) is 0 Å². The summed E-state index contributed by atoms with van der Waals surface area (Å²) in [7, 11) is 7.59. The van der Waals surface area contributed by atoms with Crippen LogP contribution in [0.1, 0.15) is 11.1 Å². The third kappa shape index (κ3) is 3.45. The average molecular weight is 302 g/mol. The lowest BCUT2D eigenvalue weighted by molar-refractivity contribution is 0.700. The van der Waals surface area contributed by atoms with Crippen molar-refractivity contribution in [1.82, 2.24) is 0 Å². The van der Waals surface area contributed by atoms with Gasteiger partial charge in [0.05, 0.1) is 0 Å². The third-order valence-electron chi connectivity index (χ3n) is 3.47. The molecule has 0 saturated carbocycles. The highest BCUT2D eigenvalue weighted by atomic mass is 19.2. The van der Waals surface area contributed by atoms with E-state index in [-0.39, 0.29) is 11.1 Å². The van der Waals surface area contributed by atoms with Crippen LogP contribution in [-0.4, -0.2) is 28.2 Å². The lowest BCUT2D eigenvalue weighted by atomic mass is 10.1. The molecule has 2 rings (SSSR count). The molecule has 0 spiro atoms. The first kappa shape index (κ1) is 16.0. The Morgan fingerprint density at radius 1 is 0.591 bits per heavy atom. The lowest BCUT2D eigenvalue weighted by Gasteiger charge is -2.13. The van der Waals surface area contributed by atoms with Crippen molar-refractivity contribution in [2.75, 3.05) is 38.0 Å². The van der Waals surface area contributed by atoms with E-state index in [0.717, 1.165) is 11.4 Å². The van der Waals surface area contributed by atoms with Crippen molar-refractivity contribution in [2.24, 2.45) is 0 Å². The van der Waals surface area contributed by atoms with E-state index < -0.39 is 11.7 Å². The average Bonchev–Trinajstić information content (AvgIpc) is 2.53. The van der Waals surface area contributed by atoms with Gasteiger partial charge >= 0.3 is 0 Å². The summed E-state index contributed by atoms with van der Waals surface area (Å²) < 4.78 is 28.6. The second-order valence-corrected chi connectivity index (χ2v) is 5.51. The van der Waals surface area contributed by atoms with Crippen LogP contribution in [0.25, 0.3) is 11.7 Å². The summed E-state index contributed by atoms with van der Waals surface area (Å²) in [5.74, 6) is -1.69. The number of anilines is 2. The number of hydrogen-bond acceptors (Lipinski definition) is 2. The van der Waals surface area contributed by atoms with Crippen LogP contribution in [0.5, 0.6) is 0 Å². The van der Waals surface area contributed by atoms with Gasteiger partial charge in [-0.05, 0) is 48.5 Å². The molecule has 4 heteroatoms. The highest BCUT2D eigenvalue weighted by Gasteiger charge is 2.12. The van der Waals surface area contributed by atoms with Gasteiger partial charge in [0.1, 0.15) is 0 Å². The van der Waals surface area contributed by atoms with Gasteiger partial charge < -0.3 is 9.80 Å². The number of halogens is 2. The van der Waals surface area contributed by atoms with E-state index in [1.54, 1.807) is 48.5 Å².